The average molecular weight is 299 g/mol. The average Bonchev–Trinajstić information content (AvgIpc) is 2.27. The van der Waals surface area contributed by atoms with Gasteiger partial charge in [-0.3, -0.25) is 0 Å². The van der Waals surface area contributed by atoms with Gasteiger partial charge in [0.05, 0.1) is 15.7 Å². The second-order valence-electron chi connectivity index (χ2n) is 4.32. The molecule has 0 aliphatic heterocycles. The number of anilines is 2. The molecule has 0 aliphatic rings. The van der Waals surface area contributed by atoms with E-state index in [0.29, 0.717) is 28.0 Å². The van der Waals surface area contributed by atoms with Crippen molar-refractivity contribution in [3.63, 3.8) is 0 Å². The molecule has 2 aromatic rings. The summed E-state index contributed by atoms with van der Waals surface area (Å²) < 4.78 is 13.1. The van der Waals surface area contributed by atoms with Crippen molar-refractivity contribution in [2.75, 3.05) is 17.7 Å². The maximum atomic E-state index is 13.1. The molecule has 19 heavy (non-hydrogen) atoms. The fraction of sp³-hybridized carbons (Fsp3) is 0.143. The highest BCUT2D eigenvalue weighted by Crippen LogP contribution is 2.35. The highest BCUT2D eigenvalue weighted by molar-refractivity contribution is 6.39. The molecule has 100 valence electrons. The molecule has 0 fully saturated rings. The topological polar surface area (TPSA) is 29.3 Å². The monoisotopic (exact) mass is 298 g/mol. The minimum atomic E-state index is -0.264. The Morgan fingerprint density at radius 2 is 1.79 bits per heavy atom. The lowest BCUT2D eigenvalue weighted by atomic mass is 10.2. The number of nitrogen functional groups attached to an aromatic ring is 1. The quantitative estimate of drug-likeness (QED) is 0.854. The fourth-order valence-corrected chi connectivity index (χ4v) is 2.73. The summed E-state index contributed by atoms with van der Waals surface area (Å²) in [6, 6.07) is 9.70. The summed E-state index contributed by atoms with van der Waals surface area (Å²) in [4.78, 5) is 1.86. The molecular formula is C14H13Cl2FN2. The van der Waals surface area contributed by atoms with Gasteiger partial charge in [-0.05, 0) is 29.8 Å². The van der Waals surface area contributed by atoms with E-state index in [1.807, 2.05) is 18.0 Å². The van der Waals surface area contributed by atoms with Crippen LogP contribution in [0.25, 0.3) is 0 Å². The molecule has 0 spiro atoms. The van der Waals surface area contributed by atoms with Crippen LogP contribution >= 0.6 is 23.2 Å². The normalized spacial score (nSPS) is 10.5. The number of hydrogen-bond donors (Lipinski definition) is 1. The van der Waals surface area contributed by atoms with Crippen molar-refractivity contribution in [1.29, 1.82) is 0 Å². The number of nitrogens with two attached hydrogens (primary N) is 1. The van der Waals surface area contributed by atoms with Crippen LogP contribution in [-0.4, -0.2) is 7.05 Å². The van der Waals surface area contributed by atoms with Crippen LogP contribution in [-0.2, 0) is 6.54 Å². The van der Waals surface area contributed by atoms with Gasteiger partial charge in [-0.15, -0.1) is 0 Å². The molecule has 0 unspecified atom stereocenters. The maximum absolute atomic E-state index is 13.1. The molecule has 0 bridgehead atoms. The molecule has 5 heteroatoms. The lowest BCUT2D eigenvalue weighted by molar-refractivity contribution is 0.625. The molecule has 0 saturated carbocycles. The van der Waals surface area contributed by atoms with Gasteiger partial charge >= 0.3 is 0 Å². The van der Waals surface area contributed by atoms with Crippen molar-refractivity contribution in [1.82, 2.24) is 0 Å². The van der Waals surface area contributed by atoms with Crippen LogP contribution in [0, 0.1) is 5.82 Å². The van der Waals surface area contributed by atoms with Crippen molar-refractivity contribution < 1.29 is 4.39 Å². The molecule has 0 amide bonds. The summed E-state index contributed by atoms with van der Waals surface area (Å²) in [5, 5.41) is 0.952. The Hall–Kier alpha value is -1.45. The largest absolute Gasteiger partial charge is 0.399 e. The van der Waals surface area contributed by atoms with Crippen LogP contribution < -0.4 is 10.6 Å². The van der Waals surface area contributed by atoms with Gasteiger partial charge in [0, 0.05) is 19.3 Å². The van der Waals surface area contributed by atoms with Crippen LogP contribution in [0.4, 0.5) is 15.8 Å². The Labute approximate surface area is 121 Å². The molecule has 0 radical (unpaired) electrons. The molecule has 0 aromatic heterocycles. The highest BCUT2D eigenvalue weighted by atomic mass is 35.5. The molecule has 0 aliphatic carbocycles. The van der Waals surface area contributed by atoms with Crippen molar-refractivity contribution in [3.8, 4) is 0 Å². The van der Waals surface area contributed by atoms with Crippen molar-refractivity contribution in [2.45, 2.75) is 6.54 Å². The van der Waals surface area contributed by atoms with Crippen molar-refractivity contribution in [2.24, 2.45) is 0 Å². The van der Waals surface area contributed by atoms with E-state index in [9.17, 15) is 4.39 Å². The van der Waals surface area contributed by atoms with Gasteiger partial charge in [-0.1, -0.05) is 35.3 Å². The summed E-state index contributed by atoms with van der Waals surface area (Å²) in [5.41, 5.74) is 7.70. The number of halogens is 3. The maximum Gasteiger partial charge on any atom is 0.123 e. The first kappa shape index (κ1) is 14.0. The van der Waals surface area contributed by atoms with Crippen LogP contribution in [0.5, 0.6) is 0 Å². The Morgan fingerprint density at radius 3 is 2.37 bits per heavy atom. The van der Waals surface area contributed by atoms with Gasteiger partial charge < -0.3 is 10.6 Å². The Balaban J connectivity index is 2.28. The zero-order valence-electron chi connectivity index (χ0n) is 10.3. The SMILES string of the molecule is CN(Cc1cccc(F)c1)c1c(Cl)cc(N)cc1Cl. The van der Waals surface area contributed by atoms with E-state index in [0.717, 1.165) is 5.56 Å². The zero-order valence-corrected chi connectivity index (χ0v) is 11.8. The van der Waals surface area contributed by atoms with E-state index in [-0.39, 0.29) is 5.82 Å². The predicted molar refractivity (Wildman–Crippen MR) is 79.4 cm³/mol. The molecule has 0 heterocycles. The van der Waals surface area contributed by atoms with Gasteiger partial charge in [0.1, 0.15) is 5.82 Å². The van der Waals surface area contributed by atoms with Gasteiger partial charge in [-0.25, -0.2) is 4.39 Å². The first-order valence-corrected chi connectivity index (χ1v) is 6.43. The Morgan fingerprint density at radius 1 is 1.16 bits per heavy atom. The lowest BCUT2D eigenvalue weighted by Crippen LogP contribution is -2.17. The highest BCUT2D eigenvalue weighted by Gasteiger charge is 2.12. The summed E-state index contributed by atoms with van der Waals surface area (Å²) in [5.74, 6) is -0.264. The lowest BCUT2D eigenvalue weighted by Gasteiger charge is -2.22. The number of benzene rings is 2. The Kier molecular flexibility index (Phi) is 4.17. The third kappa shape index (κ3) is 3.31. The second kappa shape index (κ2) is 5.68. The van der Waals surface area contributed by atoms with Crippen LogP contribution in [0.3, 0.4) is 0 Å². The van der Waals surface area contributed by atoms with E-state index in [2.05, 4.69) is 0 Å². The van der Waals surface area contributed by atoms with Crippen LogP contribution in [0.2, 0.25) is 10.0 Å². The summed E-state index contributed by atoms with van der Waals surface area (Å²) in [7, 11) is 1.84. The third-order valence-electron chi connectivity index (χ3n) is 2.73. The summed E-state index contributed by atoms with van der Waals surface area (Å²) in [6.07, 6.45) is 0. The molecular weight excluding hydrogens is 286 g/mol. The van der Waals surface area contributed by atoms with Crippen molar-refractivity contribution >= 4 is 34.6 Å². The van der Waals surface area contributed by atoms with Gasteiger partial charge in [0.15, 0.2) is 0 Å². The van der Waals surface area contributed by atoms with Gasteiger partial charge in [-0.2, -0.15) is 0 Å². The molecule has 0 saturated heterocycles. The predicted octanol–water partition coefficient (Wildman–Crippen LogP) is 4.35. The first-order chi connectivity index (χ1) is 8.97. The van der Waals surface area contributed by atoms with E-state index < -0.39 is 0 Å². The molecule has 2 N–H and O–H groups in total. The van der Waals surface area contributed by atoms with E-state index in [1.165, 1.54) is 12.1 Å². The number of rotatable bonds is 3. The number of hydrogen-bond acceptors (Lipinski definition) is 2. The third-order valence-corrected chi connectivity index (χ3v) is 3.31. The van der Waals surface area contributed by atoms with E-state index in [1.54, 1.807) is 18.2 Å². The second-order valence-corrected chi connectivity index (χ2v) is 5.13. The van der Waals surface area contributed by atoms with E-state index in [4.69, 9.17) is 28.9 Å². The molecule has 2 rings (SSSR count). The molecule has 0 atom stereocenters. The zero-order chi connectivity index (χ0) is 14.0. The van der Waals surface area contributed by atoms with Crippen molar-refractivity contribution in [3.05, 3.63) is 57.8 Å². The van der Waals surface area contributed by atoms with E-state index >= 15 is 0 Å². The van der Waals surface area contributed by atoms with Gasteiger partial charge in [0.2, 0.25) is 0 Å². The standard InChI is InChI=1S/C14H13Cl2FN2/c1-19(8-9-3-2-4-10(17)5-9)14-12(15)6-11(18)7-13(14)16/h2-7H,8,18H2,1H3. The number of nitrogens with zero attached hydrogens (tertiary/aromatic N) is 1. The minimum Gasteiger partial charge on any atom is -0.399 e. The van der Waals surface area contributed by atoms with Gasteiger partial charge in [0.25, 0.3) is 0 Å². The van der Waals surface area contributed by atoms with Crippen LogP contribution in [0.15, 0.2) is 36.4 Å². The molecule has 2 nitrogen and oxygen atoms in total. The Bertz CT molecular complexity index is 579. The minimum absolute atomic E-state index is 0.264. The summed E-state index contributed by atoms with van der Waals surface area (Å²) in [6.45, 7) is 0.501. The summed E-state index contributed by atoms with van der Waals surface area (Å²) >= 11 is 12.3. The first-order valence-electron chi connectivity index (χ1n) is 5.67. The smallest absolute Gasteiger partial charge is 0.123 e. The fourth-order valence-electron chi connectivity index (χ4n) is 1.94. The molecule has 2 aromatic carbocycles. The van der Waals surface area contributed by atoms with Crippen LogP contribution in [0.1, 0.15) is 5.56 Å².